The number of hydrogen-bond donors (Lipinski definition) is 2. The van der Waals surface area contributed by atoms with Gasteiger partial charge in [0, 0.05) is 17.8 Å². The van der Waals surface area contributed by atoms with Crippen LogP contribution in [0.3, 0.4) is 0 Å². The Hall–Kier alpha value is -1.00. The van der Waals surface area contributed by atoms with E-state index in [1.54, 1.807) is 0 Å². The molecule has 0 atom stereocenters. The normalized spacial score (nSPS) is 16.7. The lowest BCUT2D eigenvalue weighted by Gasteiger charge is -2.40. The molecule has 1 fully saturated rings. The summed E-state index contributed by atoms with van der Waals surface area (Å²) >= 11 is 1.88. The Morgan fingerprint density at radius 1 is 1.37 bits per heavy atom. The molecule has 1 aliphatic rings. The number of carbonyl (C=O) groups is 1. The average Bonchev–Trinajstić information content (AvgIpc) is 2.38. The fourth-order valence-corrected chi connectivity index (χ4v) is 3.36. The summed E-state index contributed by atoms with van der Waals surface area (Å²) in [5.41, 5.74) is 7.78. The Kier molecular flexibility index (Phi) is 4.88. The van der Waals surface area contributed by atoms with Crippen molar-refractivity contribution >= 4 is 17.7 Å². The molecule has 4 heteroatoms. The van der Waals surface area contributed by atoms with Gasteiger partial charge in [0.25, 0.3) is 0 Å². The van der Waals surface area contributed by atoms with Crippen molar-refractivity contribution < 1.29 is 4.79 Å². The van der Waals surface area contributed by atoms with Crippen LogP contribution in [0.4, 0.5) is 0 Å². The highest BCUT2D eigenvalue weighted by molar-refractivity contribution is 8.00. The molecule has 0 spiro atoms. The minimum absolute atomic E-state index is 0.0984. The first-order valence-corrected chi connectivity index (χ1v) is 8.00. The number of hydrogen-bond acceptors (Lipinski definition) is 3. The van der Waals surface area contributed by atoms with Crippen LogP contribution in [-0.4, -0.2) is 23.5 Å². The van der Waals surface area contributed by atoms with Gasteiger partial charge in [0.1, 0.15) is 0 Å². The van der Waals surface area contributed by atoms with Crippen molar-refractivity contribution in [2.24, 2.45) is 5.73 Å². The number of nitrogens with one attached hydrogen (secondary N) is 1. The van der Waals surface area contributed by atoms with E-state index in [4.69, 9.17) is 5.73 Å². The molecule has 0 bridgehead atoms. The third-order valence-electron chi connectivity index (χ3n) is 3.99. The molecule has 0 saturated heterocycles. The van der Waals surface area contributed by atoms with Crippen molar-refractivity contribution in [2.75, 3.05) is 12.8 Å². The lowest BCUT2D eigenvalue weighted by molar-refractivity contribution is -0.120. The quantitative estimate of drug-likeness (QED) is 0.838. The summed E-state index contributed by atoms with van der Waals surface area (Å²) in [4.78, 5) is 12.0. The van der Waals surface area contributed by atoms with E-state index in [-0.39, 0.29) is 5.91 Å². The van der Waals surface area contributed by atoms with Crippen LogP contribution in [0.25, 0.3) is 0 Å². The minimum Gasteiger partial charge on any atom is -0.354 e. The molecule has 2 rings (SSSR count). The number of rotatable bonds is 6. The van der Waals surface area contributed by atoms with Crippen molar-refractivity contribution in [1.29, 1.82) is 0 Å². The Morgan fingerprint density at radius 2 is 2.05 bits per heavy atom. The highest BCUT2D eigenvalue weighted by Gasteiger charge is 2.36. The molecule has 19 heavy (non-hydrogen) atoms. The molecule has 3 nitrogen and oxygen atoms in total. The van der Waals surface area contributed by atoms with Crippen molar-refractivity contribution in [2.45, 2.75) is 37.0 Å². The molecule has 1 aliphatic carbocycles. The molecule has 0 aliphatic heterocycles. The zero-order chi connectivity index (χ0) is 13.7. The zero-order valence-corrected chi connectivity index (χ0v) is 12.3. The largest absolute Gasteiger partial charge is 0.354 e. The van der Waals surface area contributed by atoms with Crippen LogP contribution in [0.5, 0.6) is 0 Å². The molecule has 0 unspecified atom stereocenters. The van der Waals surface area contributed by atoms with Crippen LogP contribution in [0.2, 0.25) is 0 Å². The Bertz CT molecular complexity index is 438. The van der Waals surface area contributed by atoms with Gasteiger partial charge in [-0.15, -0.1) is 0 Å². The van der Waals surface area contributed by atoms with E-state index in [1.807, 2.05) is 36.0 Å². The summed E-state index contributed by atoms with van der Waals surface area (Å²) in [6.07, 6.45) is 6.28. The molecular formula is C15H22N2OS. The lowest BCUT2D eigenvalue weighted by Crippen LogP contribution is -2.45. The maximum atomic E-state index is 12.0. The standard InChI is InChI=1S/C15H22N2OS/c1-19-15(7-4-8-15)11-17-14(18)9-12-5-2-3-6-13(12)10-16/h2-3,5-6H,4,7-11,16H2,1H3,(H,17,18). The molecule has 1 aromatic rings. The average molecular weight is 278 g/mol. The summed E-state index contributed by atoms with van der Waals surface area (Å²) in [6, 6.07) is 7.88. The van der Waals surface area contributed by atoms with Gasteiger partial charge in [0.15, 0.2) is 0 Å². The van der Waals surface area contributed by atoms with Crippen LogP contribution in [-0.2, 0) is 17.8 Å². The van der Waals surface area contributed by atoms with Crippen LogP contribution in [0.1, 0.15) is 30.4 Å². The molecule has 0 aromatic heterocycles. The smallest absolute Gasteiger partial charge is 0.224 e. The van der Waals surface area contributed by atoms with Crippen molar-refractivity contribution in [1.82, 2.24) is 5.32 Å². The zero-order valence-electron chi connectivity index (χ0n) is 11.4. The number of benzene rings is 1. The van der Waals surface area contributed by atoms with Gasteiger partial charge in [-0.2, -0.15) is 11.8 Å². The number of thioether (sulfide) groups is 1. The molecule has 0 radical (unpaired) electrons. The fraction of sp³-hybridized carbons (Fsp3) is 0.533. The van der Waals surface area contributed by atoms with E-state index in [9.17, 15) is 4.79 Å². The van der Waals surface area contributed by atoms with E-state index < -0.39 is 0 Å². The minimum atomic E-state index is 0.0984. The number of carbonyl (C=O) groups excluding carboxylic acids is 1. The highest BCUT2D eigenvalue weighted by Crippen LogP contribution is 2.42. The predicted molar refractivity (Wildman–Crippen MR) is 81.1 cm³/mol. The molecule has 3 N–H and O–H groups in total. The molecule has 1 saturated carbocycles. The van der Waals surface area contributed by atoms with E-state index in [0.717, 1.165) is 17.7 Å². The Labute approximate surface area is 119 Å². The van der Waals surface area contributed by atoms with Gasteiger partial charge < -0.3 is 11.1 Å². The maximum Gasteiger partial charge on any atom is 0.224 e. The second-order valence-corrected chi connectivity index (χ2v) is 6.44. The SMILES string of the molecule is CSC1(CNC(=O)Cc2ccccc2CN)CCC1. The van der Waals surface area contributed by atoms with Crippen molar-refractivity contribution in [3.05, 3.63) is 35.4 Å². The fourth-order valence-electron chi connectivity index (χ4n) is 2.45. The third kappa shape index (κ3) is 3.51. The van der Waals surface area contributed by atoms with Gasteiger partial charge in [0.2, 0.25) is 5.91 Å². The molecule has 1 aromatic carbocycles. The van der Waals surface area contributed by atoms with Gasteiger partial charge >= 0.3 is 0 Å². The predicted octanol–water partition coefficient (Wildman–Crippen LogP) is 2.09. The monoisotopic (exact) mass is 278 g/mol. The highest BCUT2D eigenvalue weighted by atomic mass is 32.2. The van der Waals surface area contributed by atoms with Gasteiger partial charge in [-0.1, -0.05) is 30.7 Å². The topological polar surface area (TPSA) is 55.1 Å². The van der Waals surface area contributed by atoms with Gasteiger partial charge in [-0.25, -0.2) is 0 Å². The summed E-state index contributed by atoms with van der Waals surface area (Å²) < 4.78 is 0.295. The van der Waals surface area contributed by atoms with E-state index in [2.05, 4.69) is 11.6 Å². The van der Waals surface area contributed by atoms with Gasteiger partial charge in [-0.05, 0) is 30.2 Å². The first-order valence-electron chi connectivity index (χ1n) is 6.78. The van der Waals surface area contributed by atoms with E-state index >= 15 is 0 Å². The van der Waals surface area contributed by atoms with Crippen LogP contribution in [0, 0.1) is 0 Å². The Morgan fingerprint density at radius 3 is 2.58 bits per heavy atom. The van der Waals surface area contributed by atoms with Crippen LogP contribution >= 0.6 is 11.8 Å². The Balaban J connectivity index is 1.87. The summed E-state index contributed by atoms with van der Waals surface area (Å²) in [7, 11) is 0. The third-order valence-corrected chi connectivity index (χ3v) is 5.41. The van der Waals surface area contributed by atoms with Crippen LogP contribution < -0.4 is 11.1 Å². The van der Waals surface area contributed by atoms with Crippen molar-refractivity contribution in [3.8, 4) is 0 Å². The summed E-state index contributed by atoms with van der Waals surface area (Å²) in [5.74, 6) is 0.0984. The molecular weight excluding hydrogens is 256 g/mol. The first kappa shape index (κ1) is 14.4. The number of amides is 1. The first-order chi connectivity index (χ1) is 9.19. The summed E-state index contributed by atoms with van der Waals surface area (Å²) in [5, 5.41) is 3.08. The molecule has 0 heterocycles. The van der Waals surface area contributed by atoms with E-state index in [0.29, 0.717) is 17.7 Å². The molecule has 104 valence electrons. The number of nitrogens with two attached hydrogens (primary N) is 1. The molecule has 1 amide bonds. The van der Waals surface area contributed by atoms with Crippen molar-refractivity contribution in [3.63, 3.8) is 0 Å². The van der Waals surface area contributed by atoms with Crippen LogP contribution in [0.15, 0.2) is 24.3 Å². The van der Waals surface area contributed by atoms with Gasteiger partial charge in [-0.3, -0.25) is 4.79 Å². The maximum absolute atomic E-state index is 12.0. The lowest BCUT2D eigenvalue weighted by atomic mass is 9.84. The van der Waals surface area contributed by atoms with E-state index in [1.165, 1.54) is 19.3 Å². The second-order valence-electron chi connectivity index (χ2n) is 5.17. The second kappa shape index (κ2) is 6.44. The summed E-state index contributed by atoms with van der Waals surface area (Å²) in [6.45, 7) is 1.27. The van der Waals surface area contributed by atoms with Gasteiger partial charge in [0.05, 0.1) is 6.42 Å².